The van der Waals surface area contributed by atoms with Gasteiger partial charge < -0.3 is 9.84 Å². The molecule has 1 N–H and O–H groups in total. The average Bonchev–Trinajstić information content (AvgIpc) is 2.35. The fraction of sp³-hybridized carbons (Fsp3) is 0.250. The number of rotatable bonds is 5. The van der Waals surface area contributed by atoms with Crippen molar-refractivity contribution in [2.24, 2.45) is 0 Å². The zero-order chi connectivity index (χ0) is 12.8. The quantitative estimate of drug-likeness (QED) is 0.619. The van der Waals surface area contributed by atoms with Crippen LogP contribution in [0, 0.1) is 0 Å². The maximum Gasteiger partial charge on any atom is 0.337 e. The topological polar surface area (TPSA) is 80.7 Å². The SMILES string of the molecule is COC(=O)c1cccc(C(=O)CCC(=O)O)c1. The van der Waals surface area contributed by atoms with Crippen LogP contribution in [0.5, 0.6) is 0 Å². The Morgan fingerprint density at radius 2 is 1.82 bits per heavy atom. The third-order valence-corrected chi connectivity index (χ3v) is 2.17. The smallest absolute Gasteiger partial charge is 0.337 e. The molecule has 0 bridgehead atoms. The second-order valence-electron chi connectivity index (χ2n) is 3.39. The minimum atomic E-state index is -1.03. The first-order valence-electron chi connectivity index (χ1n) is 4.98. The van der Waals surface area contributed by atoms with Gasteiger partial charge in [-0.25, -0.2) is 4.79 Å². The van der Waals surface area contributed by atoms with E-state index in [1.165, 1.54) is 25.3 Å². The summed E-state index contributed by atoms with van der Waals surface area (Å²) in [5.41, 5.74) is 0.586. The van der Waals surface area contributed by atoms with Crippen molar-refractivity contribution < 1.29 is 24.2 Å². The van der Waals surface area contributed by atoms with Crippen molar-refractivity contribution in [2.45, 2.75) is 12.8 Å². The predicted octanol–water partition coefficient (Wildman–Crippen LogP) is 1.52. The molecule has 0 heterocycles. The van der Waals surface area contributed by atoms with Crippen LogP contribution in [0.1, 0.15) is 33.6 Å². The van der Waals surface area contributed by atoms with E-state index in [0.29, 0.717) is 5.56 Å². The summed E-state index contributed by atoms with van der Waals surface area (Å²) in [7, 11) is 1.25. The molecule has 0 spiro atoms. The molecule has 0 radical (unpaired) electrons. The highest BCUT2D eigenvalue weighted by atomic mass is 16.5. The van der Waals surface area contributed by atoms with E-state index < -0.39 is 11.9 Å². The number of carbonyl (C=O) groups is 3. The van der Waals surface area contributed by atoms with Gasteiger partial charge in [0.1, 0.15) is 0 Å². The first kappa shape index (κ1) is 12.9. The van der Waals surface area contributed by atoms with Gasteiger partial charge in [-0.2, -0.15) is 0 Å². The van der Waals surface area contributed by atoms with Gasteiger partial charge in [-0.1, -0.05) is 12.1 Å². The van der Waals surface area contributed by atoms with Crippen LogP contribution in [-0.2, 0) is 9.53 Å². The van der Waals surface area contributed by atoms with Gasteiger partial charge in [0.25, 0.3) is 0 Å². The molecular weight excluding hydrogens is 224 g/mol. The van der Waals surface area contributed by atoms with E-state index in [0.717, 1.165) is 0 Å². The van der Waals surface area contributed by atoms with Crippen LogP contribution in [0.4, 0.5) is 0 Å². The molecule has 1 aromatic rings. The Morgan fingerprint density at radius 3 is 2.41 bits per heavy atom. The minimum absolute atomic E-state index is 0.0834. The second-order valence-corrected chi connectivity index (χ2v) is 3.39. The molecule has 0 unspecified atom stereocenters. The number of benzene rings is 1. The molecule has 5 nitrogen and oxygen atoms in total. The average molecular weight is 236 g/mol. The lowest BCUT2D eigenvalue weighted by Gasteiger charge is -2.02. The van der Waals surface area contributed by atoms with Crippen molar-refractivity contribution in [1.29, 1.82) is 0 Å². The summed E-state index contributed by atoms with van der Waals surface area (Å²) in [6, 6.07) is 6.02. The molecule has 0 fully saturated rings. The lowest BCUT2D eigenvalue weighted by atomic mass is 10.0. The van der Waals surface area contributed by atoms with Crippen LogP contribution in [0.25, 0.3) is 0 Å². The number of esters is 1. The lowest BCUT2D eigenvalue weighted by molar-refractivity contribution is -0.136. The molecule has 90 valence electrons. The molecule has 1 rings (SSSR count). The summed E-state index contributed by atoms with van der Waals surface area (Å²) < 4.78 is 4.52. The first-order valence-corrected chi connectivity index (χ1v) is 4.98. The summed E-state index contributed by atoms with van der Waals surface area (Å²) in [6.45, 7) is 0. The Labute approximate surface area is 98.0 Å². The van der Waals surface area contributed by atoms with Crippen LogP contribution in [0.15, 0.2) is 24.3 Å². The van der Waals surface area contributed by atoms with Gasteiger partial charge in [-0.15, -0.1) is 0 Å². The number of carbonyl (C=O) groups excluding carboxylic acids is 2. The maximum atomic E-state index is 11.6. The van der Waals surface area contributed by atoms with Gasteiger partial charge in [0.2, 0.25) is 0 Å². The standard InChI is InChI=1S/C12H12O5/c1-17-12(16)9-4-2-3-8(7-9)10(13)5-6-11(14)15/h2-4,7H,5-6H2,1H3,(H,14,15). The highest BCUT2D eigenvalue weighted by Gasteiger charge is 2.11. The van der Waals surface area contributed by atoms with Crippen molar-refractivity contribution in [3.8, 4) is 0 Å². The maximum absolute atomic E-state index is 11.6. The van der Waals surface area contributed by atoms with Crippen molar-refractivity contribution in [3.63, 3.8) is 0 Å². The fourth-order valence-corrected chi connectivity index (χ4v) is 1.30. The van der Waals surface area contributed by atoms with Gasteiger partial charge in [0.05, 0.1) is 19.1 Å². The second kappa shape index (κ2) is 5.79. The minimum Gasteiger partial charge on any atom is -0.481 e. The van der Waals surface area contributed by atoms with Gasteiger partial charge in [0.15, 0.2) is 5.78 Å². The molecule has 0 aliphatic carbocycles. The van der Waals surface area contributed by atoms with Crippen molar-refractivity contribution in [2.75, 3.05) is 7.11 Å². The summed E-state index contributed by atoms with van der Waals surface area (Å²) in [5.74, 6) is -1.86. The van der Waals surface area contributed by atoms with E-state index in [4.69, 9.17) is 5.11 Å². The molecule has 0 amide bonds. The number of carboxylic acid groups (broad SMARTS) is 1. The highest BCUT2D eigenvalue weighted by Crippen LogP contribution is 2.10. The Hall–Kier alpha value is -2.17. The monoisotopic (exact) mass is 236 g/mol. The molecule has 17 heavy (non-hydrogen) atoms. The van der Waals surface area contributed by atoms with Crippen LogP contribution < -0.4 is 0 Å². The van der Waals surface area contributed by atoms with Crippen LogP contribution >= 0.6 is 0 Å². The molecule has 0 aliphatic rings. The molecular formula is C12H12O5. The Bertz CT molecular complexity index is 450. The number of ether oxygens (including phenoxy) is 1. The van der Waals surface area contributed by atoms with E-state index in [2.05, 4.69) is 4.74 Å². The molecule has 5 heteroatoms. The van der Waals surface area contributed by atoms with Gasteiger partial charge >= 0.3 is 11.9 Å². The van der Waals surface area contributed by atoms with E-state index in [-0.39, 0.29) is 24.2 Å². The number of Topliss-reactive ketones (excluding diaryl/α,β-unsaturated/α-hetero) is 1. The van der Waals surface area contributed by atoms with E-state index in [1.807, 2.05) is 0 Å². The Kier molecular flexibility index (Phi) is 4.39. The number of hydrogen-bond donors (Lipinski definition) is 1. The molecule has 0 aliphatic heterocycles. The van der Waals surface area contributed by atoms with Crippen molar-refractivity contribution in [1.82, 2.24) is 0 Å². The molecule has 1 aromatic carbocycles. The van der Waals surface area contributed by atoms with Crippen LogP contribution in [0.2, 0.25) is 0 Å². The largest absolute Gasteiger partial charge is 0.481 e. The number of hydrogen-bond acceptors (Lipinski definition) is 4. The fourth-order valence-electron chi connectivity index (χ4n) is 1.30. The van der Waals surface area contributed by atoms with Gasteiger partial charge in [-0.05, 0) is 12.1 Å². The molecule has 0 saturated heterocycles. The van der Waals surface area contributed by atoms with Gasteiger partial charge in [-0.3, -0.25) is 9.59 Å². The van der Waals surface area contributed by atoms with E-state index in [9.17, 15) is 14.4 Å². The van der Waals surface area contributed by atoms with Gasteiger partial charge in [0, 0.05) is 12.0 Å². The normalized spacial score (nSPS) is 9.71. The zero-order valence-corrected chi connectivity index (χ0v) is 9.30. The number of carboxylic acids is 1. The lowest BCUT2D eigenvalue weighted by Crippen LogP contribution is -2.06. The Morgan fingerprint density at radius 1 is 1.18 bits per heavy atom. The number of aliphatic carboxylic acids is 1. The third-order valence-electron chi connectivity index (χ3n) is 2.17. The summed E-state index contributed by atoms with van der Waals surface area (Å²) in [5, 5.41) is 8.46. The molecule has 0 atom stereocenters. The van der Waals surface area contributed by atoms with Crippen molar-refractivity contribution >= 4 is 17.7 Å². The number of methoxy groups -OCH3 is 1. The third kappa shape index (κ3) is 3.71. The van der Waals surface area contributed by atoms with Crippen LogP contribution in [0.3, 0.4) is 0 Å². The zero-order valence-electron chi connectivity index (χ0n) is 9.30. The van der Waals surface area contributed by atoms with E-state index >= 15 is 0 Å². The molecule has 0 aromatic heterocycles. The number of ketones is 1. The van der Waals surface area contributed by atoms with E-state index in [1.54, 1.807) is 6.07 Å². The highest BCUT2D eigenvalue weighted by molar-refractivity contribution is 6.00. The first-order chi connectivity index (χ1) is 8.04. The Balaban J connectivity index is 2.80. The predicted molar refractivity (Wildman–Crippen MR) is 59.0 cm³/mol. The summed E-state index contributed by atoms with van der Waals surface area (Å²) >= 11 is 0. The van der Waals surface area contributed by atoms with Crippen LogP contribution in [-0.4, -0.2) is 29.9 Å². The van der Waals surface area contributed by atoms with Crippen molar-refractivity contribution in [3.05, 3.63) is 35.4 Å². The summed E-state index contributed by atoms with van der Waals surface area (Å²) in [4.78, 5) is 33.2. The summed E-state index contributed by atoms with van der Waals surface area (Å²) in [6.07, 6.45) is -0.304. The molecule has 0 saturated carbocycles.